The minimum atomic E-state index is -0.0971. The molecule has 0 fully saturated rings. The molecule has 0 saturated carbocycles. The number of hydrogen-bond donors (Lipinski definition) is 2. The smallest absolute Gasteiger partial charge is 0.226 e. The predicted molar refractivity (Wildman–Crippen MR) is 108 cm³/mol. The largest absolute Gasteiger partial charge is 0.323 e. The number of fused-ring (bicyclic) bond motifs is 1. The molecule has 0 saturated heterocycles. The molecular weight excluding hydrogens is 350 g/mol. The van der Waals surface area contributed by atoms with Crippen molar-refractivity contribution < 1.29 is 4.79 Å². The molecule has 2 rings (SSSR count). The first-order valence-corrected chi connectivity index (χ1v) is 9.99. The van der Waals surface area contributed by atoms with Gasteiger partial charge < -0.3 is 10.6 Å². The lowest BCUT2D eigenvalue weighted by molar-refractivity contribution is -0.120. The lowest BCUT2D eigenvalue weighted by Crippen LogP contribution is -2.34. The van der Waals surface area contributed by atoms with E-state index in [2.05, 4.69) is 37.5 Å². The predicted octanol–water partition coefficient (Wildman–Crippen LogP) is 4.63. The first-order valence-electron chi connectivity index (χ1n) is 8.77. The Morgan fingerprint density at radius 3 is 2.68 bits per heavy atom. The molecule has 1 aliphatic rings. The molecule has 2 N–H and O–H groups in total. The fraction of sp³-hybridized carbons (Fsp3) is 0.632. The topological polar surface area (TPSA) is 64.9 Å². The van der Waals surface area contributed by atoms with Crippen molar-refractivity contribution in [1.29, 1.82) is 5.26 Å². The number of amides is 1. The van der Waals surface area contributed by atoms with Crippen LogP contribution in [0.1, 0.15) is 63.5 Å². The van der Waals surface area contributed by atoms with Gasteiger partial charge in [0.25, 0.3) is 0 Å². The number of thiocarbonyl (C=S) groups is 1. The summed E-state index contributed by atoms with van der Waals surface area (Å²) < 4.78 is 0. The van der Waals surface area contributed by atoms with Crippen molar-refractivity contribution in [1.82, 2.24) is 5.32 Å². The highest BCUT2D eigenvalue weighted by atomic mass is 32.1. The van der Waals surface area contributed by atoms with E-state index in [4.69, 9.17) is 12.2 Å². The van der Waals surface area contributed by atoms with Crippen molar-refractivity contribution in [2.45, 2.75) is 60.3 Å². The summed E-state index contributed by atoms with van der Waals surface area (Å²) in [7, 11) is 0. The summed E-state index contributed by atoms with van der Waals surface area (Å²) in [6.07, 6.45) is 3.48. The zero-order valence-electron chi connectivity index (χ0n) is 15.7. The van der Waals surface area contributed by atoms with E-state index >= 15 is 0 Å². The third-order valence-electron chi connectivity index (χ3n) is 4.68. The Morgan fingerprint density at radius 2 is 2.12 bits per heavy atom. The molecule has 0 radical (unpaired) electrons. The highest BCUT2D eigenvalue weighted by Gasteiger charge is 2.32. The van der Waals surface area contributed by atoms with Gasteiger partial charge >= 0.3 is 0 Å². The number of thiophene rings is 1. The number of nitrogens with zero attached hydrogens (tertiary/aromatic N) is 1. The summed E-state index contributed by atoms with van der Waals surface area (Å²) in [5.74, 6) is 0.803. The zero-order valence-corrected chi connectivity index (χ0v) is 17.3. The summed E-state index contributed by atoms with van der Waals surface area (Å²) >= 11 is 6.85. The number of nitriles is 1. The molecule has 4 nitrogen and oxygen atoms in total. The van der Waals surface area contributed by atoms with Crippen LogP contribution in [0.3, 0.4) is 0 Å². The Morgan fingerprint density at radius 1 is 1.44 bits per heavy atom. The monoisotopic (exact) mass is 377 g/mol. The Labute approximate surface area is 160 Å². The van der Waals surface area contributed by atoms with Crippen LogP contribution in [0.25, 0.3) is 0 Å². The van der Waals surface area contributed by atoms with E-state index in [9.17, 15) is 10.1 Å². The highest BCUT2D eigenvalue weighted by Crippen LogP contribution is 2.43. The number of anilines is 1. The first kappa shape index (κ1) is 19.9. The summed E-state index contributed by atoms with van der Waals surface area (Å²) in [6, 6.07) is 2.32. The molecule has 1 amide bonds. The second kappa shape index (κ2) is 7.84. The van der Waals surface area contributed by atoms with Gasteiger partial charge in [0.15, 0.2) is 5.11 Å². The summed E-state index contributed by atoms with van der Waals surface area (Å²) in [5, 5.41) is 16.4. The van der Waals surface area contributed by atoms with Crippen LogP contribution in [0.15, 0.2) is 0 Å². The summed E-state index contributed by atoms with van der Waals surface area (Å²) in [5.41, 5.74) is 2.11. The van der Waals surface area contributed by atoms with Crippen molar-refractivity contribution in [2.75, 3.05) is 5.32 Å². The van der Waals surface area contributed by atoms with Gasteiger partial charge in [-0.3, -0.25) is 4.79 Å². The van der Waals surface area contributed by atoms with Gasteiger partial charge in [0.1, 0.15) is 11.1 Å². The molecule has 1 atom stereocenters. The molecule has 0 aliphatic heterocycles. The van der Waals surface area contributed by atoms with Gasteiger partial charge in [-0.05, 0) is 54.3 Å². The average Bonchev–Trinajstić information content (AvgIpc) is 2.80. The minimum Gasteiger partial charge on any atom is -0.323 e. The molecule has 1 heterocycles. The van der Waals surface area contributed by atoms with E-state index < -0.39 is 0 Å². The molecule has 1 aromatic heterocycles. The molecular formula is C19H27N3OS2. The van der Waals surface area contributed by atoms with E-state index in [1.54, 1.807) is 11.3 Å². The molecule has 1 aromatic rings. The van der Waals surface area contributed by atoms with Crippen molar-refractivity contribution >= 4 is 39.6 Å². The molecule has 25 heavy (non-hydrogen) atoms. The summed E-state index contributed by atoms with van der Waals surface area (Å²) in [6.45, 7) is 10.8. The van der Waals surface area contributed by atoms with Gasteiger partial charge in [0.2, 0.25) is 5.91 Å². The van der Waals surface area contributed by atoms with Crippen LogP contribution in [0.4, 0.5) is 5.00 Å². The fourth-order valence-electron chi connectivity index (χ4n) is 3.21. The van der Waals surface area contributed by atoms with Crippen molar-refractivity contribution in [3.8, 4) is 6.07 Å². The molecule has 0 unspecified atom stereocenters. The third-order valence-corrected chi connectivity index (χ3v) is 6.05. The van der Waals surface area contributed by atoms with Gasteiger partial charge in [0, 0.05) is 11.3 Å². The normalized spacial score (nSPS) is 16.9. The molecule has 0 aromatic carbocycles. The molecule has 6 heteroatoms. The Kier molecular flexibility index (Phi) is 6.23. The quantitative estimate of drug-likeness (QED) is 0.754. The van der Waals surface area contributed by atoms with E-state index in [0.29, 0.717) is 17.9 Å². The maximum absolute atomic E-state index is 11.9. The lowest BCUT2D eigenvalue weighted by atomic mass is 9.72. The SMILES string of the molecule is CC(C)CC(=O)NC(=S)Nc1sc2c(c1C#N)CC[C@H](C(C)(C)C)C2. The van der Waals surface area contributed by atoms with Crippen LogP contribution in [0.2, 0.25) is 0 Å². The van der Waals surface area contributed by atoms with Crippen molar-refractivity contribution in [3.63, 3.8) is 0 Å². The Hall–Kier alpha value is -1.45. The van der Waals surface area contributed by atoms with Crippen LogP contribution >= 0.6 is 23.6 Å². The van der Waals surface area contributed by atoms with Gasteiger partial charge in [0.05, 0.1) is 5.56 Å². The number of rotatable bonds is 3. The standard InChI is InChI=1S/C19H27N3OS2/c1-11(2)8-16(23)21-18(24)22-17-14(10-20)13-7-6-12(19(3,4)5)9-15(13)25-17/h11-12H,6-9H2,1-5H3,(H2,21,22,23,24)/t12-/m0/s1. The minimum absolute atomic E-state index is 0.0971. The molecule has 1 aliphatic carbocycles. The van der Waals surface area contributed by atoms with Crippen LogP contribution < -0.4 is 10.6 Å². The number of nitrogens with one attached hydrogen (secondary N) is 2. The van der Waals surface area contributed by atoms with Crippen molar-refractivity contribution in [3.05, 3.63) is 16.0 Å². The van der Waals surface area contributed by atoms with E-state index in [1.165, 1.54) is 4.88 Å². The van der Waals surface area contributed by atoms with Gasteiger partial charge in [-0.25, -0.2) is 0 Å². The molecule has 136 valence electrons. The first-order chi connectivity index (χ1) is 11.6. The third kappa shape index (κ3) is 5.02. The zero-order chi connectivity index (χ0) is 18.8. The maximum Gasteiger partial charge on any atom is 0.226 e. The average molecular weight is 378 g/mol. The van der Waals surface area contributed by atoms with Crippen molar-refractivity contribution in [2.24, 2.45) is 17.3 Å². The highest BCUT2D eigenvalue weighted by molar-refractivity contribution is 7.80. The second-order valence-electron chi connectivity index (χ2n) is 8.23. The second-order valence-corrected chi connectivity index (χ2v) is 9.74. The number of carbonyl (C=O) groups excluding carboxylic acids is 1. The van der Waals surface area contributed by atoms with E-state index in [-0.39, 0.29) is 22.4 Å². The van der Waals surface area contributed by atoms with Crippen LogP contribution in [0.5, 0.6) is 0 Å². The van der Waals surface area contributed by atoms with Crippen LogP contribution in [0, 0.1) is 28.6 Å². The number of carbonyl (C=O) groups is 1. The lowest BCUT2D eigenvalue weighted by Gasteiger charge is -2.33. The van der Waals surface area contributed by atoms with E-state index in [1.807, 2.05) is 13.8 Å². The maximum atomic E-state index is 11.9. The van der Waals surface area contributed by atoms with Crippen LogP contribution in [-0.4, -0.2) is 11.0 Å². The molecule has 0 bridgehead atoms. The number of hydrogen-bond acceptors (Lipinski definition) is 4. The summed E-state index contributed by atoms with van der Waals surface area (Å²) in [4.78, 5) is 13.1. The Bertz CT molecular complexity index is 707. The van der Waals surface area contributed by atoms with Gasteiger partial charge in [-0.2, -0.15) is 5.26 Å². The molecule has 0 spiro atoms. The Balaban J connectivity index is 2.13. The van der Waals surface area contributed by atoms with Crippen LogP contribution in [-0.2, 0) is 17.6 Å². The van der Waals surface area contributed by atoms with E-state index in [0.717, 1.165) is 29.8 Å². The van der Waals surface area contributed by atoms with Gasteiger partial charge in [-0.1, -0.05) is 34.6 Å². The fourth-order valence-corrected chi connectivity index (χ4v) is 4.78. The van der Waals surface area contributed by atoms with Gasteiger partial charge in [-0.15, -0.1) is 11.3 Å².